The lowest BCUT2D eigenvalue weighted by Crippen LogP contribution is -2.34. The molecule has 1 aliphatic rings. The van der Waals surface area contributed by atoms with Crippen LogP contribution in [0.25, 0.3) is 0 Å². The maximum absolute atomic E-state index is 13.1. The van der Waals surface area contributed by atoms with Crippen LogP contribution >= 0.6 is 22.6 Å². The maximum Gasteiger partial charge on any atom is 0.335 e. The molecule has 16 heteroatoms. The fourth-order valence-electron chi connectivity index (χ4n) is 4.11. The van der Waals surface area contributed by atoms with Gasteiger partial charge in [0.25, 0.3) is 0 Å². The first kappa shape index (κ1) is 59.2. The number of alkyl halides is 1. The second-order valence-electron chi connectivity index (χ2n) is 20.3. The van der Waals surface area contributed by atoms with Crippen LogP contribution in [0.2, 0.25) is 0 Å². The van der Waals surface area contributed by atoms with Gasteiger partial charge in [-0.25, -0.2) is 18.1 Å². The van der Waals surface area contributed by atoms with Crippen LogP contribution in [0.15, 0.2) is 24.3 Å². The molecule has 1 unspecified atom stereocenters. The van der Waals surface area contributed by atoms with Gasteiger partial charge in [0.05, 0.1) is 30.5 Å². The highest BCUT2D eigenvalue weighted by Gasteiger charge is 2.45. The molecule has 56 heavy (non-hydrogen) atoms. The van der Waals surface area contributed by atoms with Crippen molar-refractivity contribution in [3.63, 3.8) is 0 Å². The number of halogens is 2. The number of benzene rings is 1. The van der Waals surface area contributed by atoms with Crippen molar-refractivity contribution in [2.24, 2.45) is 21.7 Å². The molecule has 0 amide bonds. The molecule has 332 valence electrons. The molecular weight excluding hydrogens is 783 g/mol. The predicted molar refractivity (Wildman–Crippen MR) is 230 cm³/mol. The second kappa shape index (κ2) is 22.5. The molecule has 2 rings (SSSR count). The molecule has 11 nitrogen and oxygen atoms in total. The van der Waals surface area contributed by atoms with E-state index in [4.69, 9.17) is 18.5 Å². The molecule has 1 aromatic rings. The summed E-state index contributed by atoms with van der Waals surface area (Å²) in [6.07, 6.45) is 0. The lowest BCUT2D eigenvalue weighted by Gasteiger charge is -2.40. The number of hydrogen-bond acceptors (Lipinski definition) is 8. The van der Waals surface area contributed by atoms with Crippen molar-refractivity contribution >= 4 is 34.2 Å². The van der Waals surface area contributed by atoms with Crippen LogP contribution in [0, 0.1) is 27.5 Å². The van der Waals surface area contributed by atoms with Crippen LogP contribution < -0.4 is 0 Å². The number of rotatable bonds is 6. The molecule has 1 aromatic carbocycles. The first-order valence-electron chi connectivity index (χ1n) is 18.6. The Morgan fingerprint density at radius 1 is 0.821 bits per heavy atom. The van der Waals surface area contributed by atoms with E-state index in [1.54, 1.807) is 53.7 Å². The van der Waals surface area contributed by atoms with E-state index in [1.165, 1.54) is 18.8 Å². The first-order valence-corrected chi connectivity index (χ1v) is 23.8. The Labute approximate surface area is 339 Å². The molecule has 1 heterocycles. The lowest BCUT2D eigenvalue weighted by atomic mass is 9.86. The largest absolute Gasteiger partial charge is 0.335 e. The van der Waals surface area contributed by atoms with Gasteiger partial charge in [-0.2, -0.15) is 0 Å². The average molecular weight is 863 g/mol. The topological polar surface area (TPSA) is 140 Å². The molecule has 0 aromatic heterocycles. The number of carbonyl (C=O) groups excluding carboxylic acids is 2. The zero-order chi connectivity index (χ0) is 45.7. The van der Waals surface area contributed by atoms with E-state index in [2.05, 4.69) is 0 Å². The van der Waals surface area contributed by atoms with Gasteiger partial charge in [0.15, 0.2) is 11.6 Å². The highest BCUT2D eigenvalue weighted by Crippen LogP contribution is 2.63. The Hall–Kier alpha value is -1.13. The molecule has 1 N–H and O–H groups in total. The first-order chi connectivity index (χ1) is 24.4. The molecule has 0 bridgehead atoms. The number of nitrogens with zero attached hydrogens (tertiary/aromatic N) is 2. The van der Waals surface area contributed by atoms with Gasteiger partial charge in [-0.05, 0) is 66.5 Å². The van der Waals surface area contributed by atoms with E-state index in [0.29, 0.717) is 19.8 Å². The van der Waals surface area contributed by atoms with Crippen molar-refractivity contribution in [3.05, 3.63) is 35.6 Å². The van der Waals surface area contributed by atoms with Gasteiger partial charge in [-0.3, -0.25) is 23.3 Å². The van der Waals surface area contributed by atoms with Crippen molar-refractivity contribution in [2.45, 2.75) is 128 Å². The van der Waals surface area contributed by atoms with Gasteiger partial charge >= 0.3 is 15.2 Å². The lowest BCUT2D eigenvalue weighted by molar-refractivity contribution is -0.127. The van der Waals surface area contributed by atoms with E-state index in [9.17, 15) is 32.1 Å². The summed E-state index contributed by atoms with van der Waals surface area (Å²) in [6, 6.07) is 6.07. The highest BCUT2D eigenvalue weighted by molar-refractivity contribution is 7.60. The van der Waals surface area contributed by atoms with Crippen LogP contribution in [-0.2, 0) is 32.1 Å². The van der Waals surface area contributed by atoms with Crippen LogP contribution in [0.4, 0.5) is 8.78 Å². The van der Waals surface area contributed by atoms with E-state index in [0.717, 1.165) is 0 Å². The quantitative estimate of drug-likeness (QED) is 0.216. The van der Waals surface area contributed by atoms with E-state index >= 15 is 0 Å². The molecule has 1 fully saturated rings. The monoisotopic (exact) mass is 862 g/mol. The Balaban J connectivity index is -0.000000634. The molecule has 0 aliphatic carbocycles. The minimum atomic E-state index is -3.26. The summed E-state index contributed by atoms with van der Waals surface area (Å²) in [5.74, 6) is -0.939. The summed E-state index contributed by atoms with van der Waals surface area (Å²) in [5, 5.41) is -0.608. The summed E-state index contributed by atoms with van der Waals surface area (Å²) >= 11 is 0. The number of hydrogen-bond donors (Lipinski definition) is 1. The summed E-state index contributed by atoms with van der Waals surface area (Å²) in [4.78, 5) is 30.8. The summed E-state index contributed by atoms with van der Waals surface area (Å²) in [6.45, 7) is 33.7. The summed E-state index contributed by atoms with van der Waals surface area (Å²) in [5.41, 5.74) is -0.917. The Bertz CT molecular complexity index is 1480. The SMILES string of the molecule is CC(C)(C)C(=O)CF.CC(C)(C)C(=O)c1ccccc1F.CC(C)(C)COP(C)(=O)O.CC1(C)COP(=O)(C(C)(C)C)OC1.CN(C)P(=O)(N(C)C)C(C)(C)C. The maximum atomic E-state index is 13.1. The fraction of sp³-hybridized carbons (Fsp3) is 0.800. The zero-order valence-electron chi connectivity index (χ0n) is 38.8. The Morgan fingerprint density at radius 2 is 1.21 bits per heavy atom. The second-order valence-corrected chi connectivity index (χ2v) is 29.0. The van der Waals surface area contributed by atoms with Crippen LogP contribution in [-0.4, -0.2) is 97.5 Å². The summed E-state index contributed by atoms with van der Waals surface area (Å²) < 4.78 is 79.0. The molecule has 0 spiro atoms. The molecular formula is C40H79F2N2O9P3. The normalized spacial score (nSPS) is 17.0. The van der Waals surface area contributed by atoms with E-state index < -0.39 is 51.1 Å². The third-order valence-corrected chi connectivity index (χ3v) is 14.6. The summed E-state index contributed by atoms with van der Waals surface area (Å²) in [7, 11) is -1.05. The average Bonchev–Trinajstić information content (AvgIpc) is 2.99. The van der Waals surface area contributed by atoms with Crippen LogP contribution in [0.1, 0.15) is 128 Å². The third kappa shape index (κ3) is 22.9. The molecule has 1 atom stereocenters. The number of ketones is 2. The van der Waals surface area contributed by atoms with Crippen molar-refractivity contribution in [1.29, 1.82) is 0 Å². The van der Waals surface area contributed by atoms with Gasteiger partial charge in [-0.1, -0.05) is 109 Å². The standard InChI is InChI=1S/C11H13FO.C9H19O3P.C8H21N2OP.C6H11FO.C6H15O3P/c1-11(2,3)10(13)8-6-4-5-7-9(8)12;1-8(2,3)13(10)11-6-9(4,5)7-12-13;1-8(2,3)12(11,9(4)5)10(6)7;1-6(2,3)5(8)4-7;1-6(2,3)5-9-10(4,7)8/h4-7H,1-3H3;6-7H2,1-5H3;1-7H3;4H2,1-3H3;5H2,1-4H3,(H,7,8). The molecule has 0 radical (unpaired) electrons. The van der Waals surface area contributed by atoms with Crippen LogP contribution in [0.3, 0.4) is 0 Å². The van der Waals surface area contributed by atoms with Crippen molar-refractivity contribution < 1.29 is 50.5 Å². The van der Waals surface area contributed by atoms with Crippen molar-refractivity contribution in [3.8, 4) is 0 Å². The Morgan fingerprint density at radius 3 is 1.41 bits per heavy atom. The fourth-order valence-corrected chi connectivity index (χ4v) is 9.74. The van der Waals surface area contributed by atoms with Gasteiger partial charge in [0, 0.05) is 28.1 Å². The third-order valence-electron chi connectivity index (χ3n) is 7.52. The van der Waals surface area contributed by atoms with E-state index in [1.807, 2.05) is 114 Å². The minimum Gasteiger partial charge on any atom is -0.324 e. The van der Waals surface area contributed by atoms with E-state index in [-0.39, 0.29) is 33.1 Å². The van der Waals surface area contributed by atoms with Crippen LogP contribution in [0.5, 0.6) is 0 Å². The van der Waals surface area contributed by atoms with Crippen molar-refractivity contribution in [1.82, 2.24) is 9.34 Å². The van der Waals surface area contributed by atoms with Gasteiger partial charge < -0.3 is 18.5 Å². The molecule has 0 saturated carbocycles. The van der Waals surface area contributed by atoms with Gasteiger partial charge in [0.1, 0.15) is 12.5 Å². The predicted octanol–water partition coefficient (Wildman–Crippen LogP) is 11.6. The number of carbonyl (C=O) groups is 2. The molecule has 1 aliphatic heterocycles. The van der Waals surface area contributed by atoms with Crippen molar-refractivity contribution in [2.75, 3.05) is 61.4 Å². The zero-order valence-corrected chi connectivity index (χ0v) is 41.5. The Kier molecular flexibility index (Phi) is 23.7. The molecule has 1 saturated heterocycles. The smallest absolute Gasteiger partial charge is 0.324 e. The van der Waals surface area contributed by atoms with Gasteiger partial charge in [0.2, 0.25) is 7.44 Å². The van der Waals surface area contributed by atoms with Gasteiger partial charge in [-0.15, -0.1) is 0 Å². The minimum absolute atomic E-state index is 0.0147. The number of Topliss-reactive ketones (excluding diaryl/α,β-unsaturated/α-hetero) is 2. The highest BCUT2D eigenvalue weighted by atomic mass is 31.2.